The van der Waals surface area contributed by atoms with Gasteiger partial charge in [-0.1, -0.05) is 67.6 Å². The van der Waals surface area contributed by atoms with Crippen LogP contribution in [0, 0.1) is 0 Å². The second-order valence-electron chi connectivity index (χ2n) is 7.91. The number of hydrogen-bond donors (Lipinski definition) is 0. The third-order valence-electron chi connectivity index (χ3n) is 6.09. The molecule has 2 aromatic carbocycles. The summed E-state index contributed by atoms with van der Waals surface area (Å²) in [6, 6.07) is 21.4. The van der Waals surface area contributed by atoms with Gasteiger partial charge in [-0.2, -0.15) is 0 Å². The third kappa shape index (κ3) is 4.88. The van der Waals surface area contributed by atoms with Crippen LogP contribution >= 0.6 is 0 Å². The van der Waals surface area contributed by atoms with Crippen LogP contribution in [0.1, 0.15) is 44.7 Å². The summed E-state index contributed by atoms with van der Waals surface area (Å²) in [7, 11) is 0. The SMILES string of the molecule is CCC(OC(C)=O)C(CC(C)N1CCOCC1)(c1ccccc1)c1ccccc1. The molecule has 1 fully saturated rings. The highest BCUT2D eigenvalue weighted by Gasteiger charge is 2.45. The van der Waals surface area contributed by atoms with Crippen LogP contribution < -0.4 is 0 Å². The molecule has 0 spiro atoms. The summed E-state index contributed by atoms with van der Waals surface area (Å²) in [6.07, 6.45) is 1.37. The van der Waals surface area contributed by atoms with Crippen LogP contribution in [0.2, 0.25) is 0 Å². The van der Waals surface area contributed by atoms with Crippen LogP contribution in [0.5, 0.6) is 0 Å². The Kier molecular flexibility index (Phi) is 7.45. The van der Waals surface area contributed by atoms with Crippen LogP contribution in [-0.4, -0.2) is 49.3 Å². The summed E-state index contributed by atoms with van der Waals surface area (Å²) in [4.78, 5) is 14.6. The maximum atomic E-state index is 12.1. The van der Waals surface area contributed by atoms with Crippen molar-refractivity contribution in [1.82, 2.24) is 4.90 Å². The highest BCUT2D eigenvalue weighted by atomic mass is 16.5. The van der Waals surface area contributed by atoms with E-state index in [1.54, 1.807) is 0 Å². The Hall–Kier alpha value is -2.17. The molecular weight excluding hydrogens is 362 g/mol. The van der Waals surface area contributed by atoms with E-state index < -0.39 is 5.41 Å². The van der Waals surface area contributed by atoms with E-state index in [9.17, 15) is 4.79 Å². The molecule has 1 heterocycles. The van der Waals surface area contributed by atoms with Gasteiger partial charge in [0.2, 0.25) is 0 Å². The Morgan fingerprint density at radius 3 is 2.00 bits per heavy atom. The van der Waals surface area contributed by atoms with Crippen molar-refractivity contribution in [1.29, 1.82) is 0 Å². The van der Waals surface area contributed by atoms with Gasteiger partial charge in [-0.25, -0.2) is 0 Å². The lowest BCUT2D eigenvalue weighted by Crippen LogP contribution is -2.50. The van der Waals surface area contributed by atoms with Gasteiger partial charge in [-0.3, -0.25) is 9.69 Å². The summed E-state index contributed by atoms with van der Waals surface area (Å²) in [5, 5.41) is 0. The molecule has 1 aliphatic rings. The number of carbonyl (C=O) groups is 1. The van der Waals surface area contributed by atoms with Crippen molar-refractivity contribution in [2.24, 2.45) is 0 Å². The third-order valence-corrected chi connectivity index (χ3v) is 6.09. The minimum absolute atomic E-state index is 0.230. The molecule has 0 amide bonds. The van der Waals surface area contributed by atoms with E-state index in [1.165, 1.54) is 18.1 Å². The van der Waals surface area contributed by atoms with E-state index in [-0.39, 0.29) is 12.1 Å². The van der Waals surface area contributed by atoms with Crippen molar-refractivity contribution in [3.63, 3.8) is 0 Å². The van der Waals surface area contributed by atoms with Gasteiger partial charge in [0.25, 0.3) is 0 Å². The maximum absolute atomic E-state index is 12.1. The summed E-state index contributed by atoms with van der Waals surface area (Å²) in [6.45, 7) is 9.32. The first kappa shape index (κ1) is 21.5. The fourth-order valence-corrected chi connectivity index (χ4v) is 4.72. The molecule has 1 saturated heterocycles. The number of benzene rings is 2. The molecule has 0 N–H and O–H groups in total. The Bertz CT molecular complexity index is 717. The molecule has 156 valence electrons. The predicted octanol–water partition coefficient (Wildman–Crippen LogP) is 4.43. The number of carbonyl (C=O) groups excluding carboxylic acids is 1. The molecule has 0 aromatic heterocycles. The van der Waals surface area contributed by atoms with Crippen LogP contribution in [0.25, 0.3) is 0 Å². The first-order valence-electron chi connectivity index (χ1n) is 10.7. The molecule has 2 aromatic rings. The summed E-state index contributed by atoms with van der Waals surface area (Å²) in [5.41, 5.74) is 1.97. The average molecular weight is 396 g/mol. The lowest BCUT2D eigenvalue weighted by atomic mass is 9.65. The van der Waals surface area contributed by atoms with Crippen molar-refractivity contribution in [2.75, 3.05) is 26.3 Å². The molecule has 2 unspecified atom stereocenters. The Labute approximate surface area is 174 Å². The van der Waals surface area contributed by atoms with Gasteiger partial charge in [0.15, 0.2) is 0 Å². The topological polar surface area (TPSA) is 38.8 Å². The second-order valence-corrected chi connectivity index (χ2v) is 7.91. The Morgan fingerprint density at radius 2 is 1.55 bits per heavy atom. The van der Waals surface area contributed by atoms with Gasteiger partial charge < -0.3 is 9.47 Å². The molecule has 0 saturated carbocycles. The summed E-state index contributed by atoms with van der Waals surface area (Å²) >= 11 is 0. The van der Waals surface area contributed by atoms with Crippen LogP contribution in [0.3, 0.4) is 0 Å². The van der Waals surface area contributed by atoms with Crippen molar-refractivity contribution in [2.45, 2.75) is 51.2 Å². The van der Waals surface area contributed by atoms with Gasteiger partial charge in [0, 0.05) is 26.1 Å². The molecular formula is C25H33NO3. The zero-order valence-corrected chi connectivity index (χ0v) is 17.8. The molecule has 0 radical (unpaired) electrons. The van der Waals surface area contributed by atoms with Crippen molar-refractivity contribution in [3.8, 4) is 0 Å². The standard InChI is InChI=1S/C25H33NO3/c1-4-24(29-21(3)27)25(22-11-7-5-8-12-22,23-13-9-6-10-14-23)19-20(2)26-15-17-28-18-16-26/h5-14,20,24H,4,15-19H2,1-3H3. The Balaban J connectivity index is 2.11. The first-order chi connectivity index (χ1) is 14.1. The Morgan fingerprint density at radius 1 is 1.03 bits per heavy atom. The van der Waals surface area contributed by atoms with E-state index in [0.717, 1.165) is 39.1 Å². The van der Waals surface area contributed by atoms with Crippen LogP contribution in [-0.2, 0) is 19.7 Å². The van der Waals surface area contributed by atoms with E-state index >= 15 is 0 Å². The van der Waals surface area contributed by atoms with Gasteiger partial charge in [-0.05, 0) is 30.9 Å². The number of nitrogens with zero attached hydrogens (tertiary/aromatic N) is 1. The molecule has 0 aliphatic carbocycles. The molecule has 2 atom stereocenters. The molecule has 0 bridgehead atoms. The normalized spacial score (nSPS) is 17.5. The summed E-state index contributed by atoms with van der Waals surface area (Å²) < 4.78 is 11.5. The fraction of sp³-hybridized carbons (Fsp3) is 0.480. The minimum Gasteiger partial charge on any atom is -0.461 e. The first-order valence-corrected chi connectivity index (χ1v) is 10.7. The number of morpholine rings is 1. The van der Waals surface area contributed by atoms with E-state index in [0.29, 0.717) is 6.04 Å². The second kappa shape index (κ2) is 10.0. The zero-order valence-electron chi connectivity index (χ0n) is 17.8. The zero-order chi connectivity index (χ0) is 20.7. The van der Waals surface area contributed by atoms with E-state index in [4.69, 9.17) is 9.47 Å². The maximum Gasteiger partial charge on any atom is 0.302 e. The number of ether oxygens (including phenoxy) is 2. The molecule has 4 nitrogen and oxygen atoms in total. The number of rotatable bonds is 8. The quantitative estimate of drug-likeness (QED) is 0.620. The molecule has 4 heteroatoms. The lowest BCUT2D eigenvalue weighted by molar-refractivity contribution is -0.150. The largest absolute Gasteiger partial charge is 0.461 e. The number of esters is 1. The predicted molar refractivity (Wildman–Crippen MR) is 116 cm³/mol. The molecule has 1 aliphatic heterocycles. The van der Waals surface area contributed by atoms with Crippen LogP contribution in [0.4, 0.5) is 0 Å². The van der Waals surface area contributed by atoms with Crippen molar-refractivity contribution in [3.05, 3.63) is 71.8 Å². The number of hydrogen-bond acceptors (Lipinski definition) is 4. The monoisotopic (exact) mass is 395 g/mol. The van der Waals surface area contributed by atoms with Crippen molar-refractivity contribution >= 4 is 5.97 Å². The van der Waals surface area contributed by atoms with Gasteiger partial charge in [0.1, 0.15) is 6.10 Å². The fourth-order valence-electron chi connectivity index (χ4n) is 4.72. The van der Waals surface area contributed by atoms with Crippen molar-refractivity contribution < 1.29 is 14.3 Å². The highest BCUT2D eigenvalue weighted by Crippen LogP contribution is 2.43. The van der Waals surface area contributed by atoms with Crippen LogP contribution in [0.15, 0.2) is 60.7 Å². The van der Waals surface area contributed by atoms with Gasteiger partial charge >= 0.3 is 5.97 Å². The highest BCUT2D eigenvalue weighted by molar-refractivity contribution is 5.66. The lowest BCUT2D eigenvalue weighted by Gasteiger charge is -2.45. The smallest absolute Gasteiger partial charge is 0.302 e. The minimum atomic E-state index is -0.416. The summed E-state index contributed by atoms with van der Waals surface area (Å²) in [5.74, 6) is -0.230. The molecule has 29 heavy (non-hydrogen) atoms. The van der Waals surface area contributed by atoms with E-state index in [1.807, 2.05) is 12.1 Å². The molecule has 3 rings (SSSR count). The average Bonchev–Trinajstić information content (AvgIpc) is 2.77. The van der Waals surface area contributed by atoms with E-state index in [2.05, 4.69) is 67.3 Å². The van der Waals surface area contributed by atoms with Gasteiger partial charge in [0.05, 0.1) is 18.6 Å². The van der Waals surface area contributed by atoms with Gasteiger partial charge in [-0.15, -0.1) is 0 Å².